The number of anilines is 3. The SMILES string of the molecule is [2H]c1c([2H])c([2H])c2c(C3(c4cccc5c4c4ccccc4n5-c4ccccc4)c4ccccc4-c4cc(N(c5ccccc5)c5ccc(-c6ccccc6)cc5)ccc43)c([2H])c([2H])c([2H])c2c1[2H]. The zero-order valence-corrected chi connectivity index (χ0v) is 32.9. The monoisotopic (exact) mass is 783 g/mol. The Bertz CT molecular complexity index is 3810. The van der Waals surface area contributed by atoms with Crippen molar-refractivity contribution in [2.75, 3.05) is 4.90 Å². The summed E-state index contributed by atoms with van der Waals surface area (Å²) in [7, 11) is 0. The first-order valence-electron chi connectivity index (χ1n) is 24.0. The summed E-state index contributed by atoms with van der Waals surface area (Å²) in [4.78, 5) is 2.23. The minimum Gasteiger partial charge on any atom is -0.310 e. The number of benzene rings is 10. The van der Waals surface area contributed by atoms with Crippen LogP contribution >= 0.6 is 0 Å². The molecule has 1 heterocycles. The van der Waals surface area contributed by atoms with E-state index >= 15 is 0 Å². The lowest BCUT2D eigenvalue weighted by Crippen LogP contribution is -2.29. The van der Waals surface area contributed by atoms with Crippen LogP contribution in [0.4, 0.5) is 17.1 Å². The molecule has 61 heavy (non-hydrogen) atoms. The molecule has 1 atom stereocenters. The third kappa shape index (κ3) is 5.36. The topological polar surface area (TPSA) is 8.17 Å². The Morgan fingerprint density at radius 1 is 0.393 bits per heavy atom. The summed E-state index contributed by atoms with van der Waals surface area (Å²) in [5.74, 6) is 0. The van der Waals surface area contributed by atoms with Crippen LogP contribution in [0.25, 0.3) is 60.5 Å². The van der Waals surface area contributed by atoms with Crippen LogP contribution in [0.3, 0.4) is 0 Å². The van der Waals surface area contributed by atoms with Gasteiger partial charge in [-0.3, -0.25) is 0 Å². The van der Waals surface area contributed by atoms with Crippen LogP contribution < -0.4 is 4.90 Å². The third-order valence-electron chi connectivity index (χ3n) is 12.3. The van der Waals surface area contributed by atoms with Crippen LogP contribution in [0, 0.1) is 0 Å². The molecule has 1 aliphatic rings. The zero-order chi connectivity index (χ0) is 46.4. The highest BCUT2D eigenvalue weighted by Gasteiger charge is 2.48. The molecule has 1 unspecified atom stereocenters. The molecule has 0 saturated heterocycles. The molecular formula is C59H40N2. The van der Waals surface area contributed by atoms with Gasteiger partial charge in [0.2, 0.25) is 0 Å². The Labute approximate surface area is 365 Å². The number of hydrogen-bond donors (Lipinski definition) is 0. The second kappa shape index (κ2) is 14.1. The molecule has 11 aromatic rings. The van der Waals surface area contributed by atoms with E-state index in [1.54, 1.807) is 0 Å². The molecule has 12 rings (SSSR count). The van der Waals surface area contributed by atoms with Crippen LogP contribution in [-0.4, -0.2) is 4.57 Å². The standard InChI is InChI=1S/C59H40N2/c1-4-18-41(19-5-1)42-34-36-46(37-35-42)60(44-22-6-2-7-23-44)47-38-39-54-51(40-47)49-27-12-14-29-53(49)59(54,52-30-16-21-43-20-10-11-26-48(43)52)55-31-17-33-57-58(55)50-28-13-15-32-56(50)61(57)45-24-8-3-9-25-45/h1-40H/i10D,11D,16D,20D,21D,26D,30D. The number of para-hydroxylation sites is 3. The Hall–Kier alpha value is -7.94. The van der Waals surface area contributed by atoms with Gasteiger partial charge in [-0.25, -0.2) is 0 Å². The highest BCUT2D eigenvalue weighted by atomic mass is 15.1. The average molecular weight is 784 g/mol. The van der Waals surface area contributed by atoms with Crippen molar-refractivity contribution in [2.45, 2.75) is 5.41 Å². The summed E-state index contributed by atoms with van der Waals surface area (Å²) in [5.41, 5.74) is 10.8. The van der Waals surface area contributed by atoms with Gasteiger partial charge >= 0.3 is 0 Å². The summed E-state index contributed by atoms with van der Waals surface area (Å²) >= 11 is 0. The Morgan fingerprint density at radius 2 is 1.00 bits per heavy atom. The largest absolute Gasteiger partial charge is 0.310 e. The molecule has 2 heteroatoms. The van der Waals surface area contributed by atoms with E-state index in [1.807, 2.05) is 84.9 Å². The summed E-state index contributed by atoms with van der Waals surface area (Å²) in [6, 6.07) is 65.4. The van der Waals surface area contributed by atoms with E-state index < -0.39 is 35.6 Å². The molecule has 0 amide bonds. The molecule has 10 aromatic carbocycles. The third-order valence-corrected chi connectivity index (χ3v) is 12.3. The summed E-state index contributed by atoms with van der Waals surface area (Å²) in [6.45, 7) is 0. The predicted molar refractivity (Wildman–Crippen MR) is 256 cm³/mol. The van der Waals surface area contributed by atoms with Crippen molar-refractivity contribution in [2.24, 2.45) is 0 Å². The van der Waals surface area contributed by atoms with Gasteiger partial charge in [-0.05, 0) is 116 Å². The van der Waals surface area contributed by atoms with Gasteiger partial charge in [0.25, 0.3) is 0 Å². The molecule has 0 spiro atoms. The Kier molecular flexibility index (Phi) is 6.59. The number of fused-ring (bicyclic) bond motifs is 7. The minimum atomic E-state index is -1.44. The van der Waals surface area contributed by atoms with E-state index in [4.69, 9.17) is 2.74 Å². The zero-order valence-electron chi connectivity index (χ0n) is 39.9. The van der Waals surface area contributed by atoms with Crippen LogP contribution in [0.15, 0.2) is 242 Å². The van der Waals surface area contributed by atoms with Gasteiger partial charge in [-0.2, -0.15) is 0 Å². The number of rotatable bonds is 7. The first kappa shape index (κ1) is 28.5. The highest BCUT2D eigenvalue weighted by molar-refractivity contribution is 6.13. The number of hydrogen-bond acceptors (Lipinski definition) is 1. The lowest BCUT2D eigenvalue weighted by atomic mass is 9.65. The smallest absolute Gasteiger partial charge is 0.0726 e. The van der Waals surface area contributed by atoms with Gasteiger partial charge in [0.15, 0.2) is 0 Å². The maximum atomic E-state index is 10.1. The molecular weight excluding hydrogens is 737 g/mol. The second-order valence-electron chi connectivity index (χ2n) is 15.5. The van der Waals surface area contributed by atoms with Gasteiger partial charge in [0.05, 0.1) is 26.0 Å². The normalized spacial score (nSPS) is 15.9. The van der Waals surface area contributed by atoms with E-state index in [9.17, 15) is 6.85 Å². The molecule has 2 nitrogen and oxygen atoms in total. The van der Waals surface area contributed by atoms with Crippen LogP contribution in [0.5, 0.6) is 0 Å². The first-order chi connectivity index (χ1) is 33.2. The molecule has 0 aliphatic heterocycles. The second-order valence-corrected chi connectivity index (χ2v) is 15.5. The van der Waals surface area contributed by atoms with Crippen molar-refractivity contribution in [3.63, 3.8) is 0 Å². The fourth-order valence-electron chi connectivity index (χ4n) is 9.84. The molecule has 0 radical (unpaired) electrons. The van der Waals surface area contributed by atoms with Gasteiger partial charge in [-0.15, -0.1) is 0 Å². The van der Waals surface area contributed by atoms with E-state index in [0.29, 0.717) is 0 Å². The van der Waals surface area contributed by atoms with E-state index in [2.05, 4.69) is 125 Å². The lowest BCUT2D eigenvalue weighted by molar-refractivity contribution is 0.785. The fraction of sp³-hybridized carbons (Fsp3) is 0.0169. The molecule has 0 fully saturated rings. The van der Waals surface area contributed by atoms with Gasteiger partial charge in [0, 0.05) is 33.5 Å². The lowest BCUT2D eigenvalue weighted by Gasteiger charge is -2.36. The van der Waals surface area contributed by atoms with Crippen LogP contribution in [-0.2, 0) is 5.41 Å². The summed E-state index contributed by atoms with van der Waals surface area (Å²) in [6.07, 6.45) is 0. The molecule has 286 valence electrons. The van der Waals surface area contributed by atoms with Crippen molar-refractivity contribution in [3.05, 3.63) is 265 Å². The maximum Gasteiger partial charge on any atom is 0.0726 e. The Morgan fingerprint density at radius 3 is 1.84 bits per heavy atom. The van der Waals surface area contributed by atoms with Gasteiger partial charge in [0.1, 0.15) is 0 Å². The minimum absolute atomic E-state index is 0.0574. The van der Waals surface area contributed by atoms with Crippen molar-refractivity contribution in [1.29, 1.82) is 0 Å². The van der Waals surface area contributed by atoms with Crippen molar-refractivity contribution < 1.29 is 9.60 Å². The summed E-state index contributed by atoms with van der Waals surface area (Å²) in [5, 5.41) is 1.83. The molecule has 0 N–H and O–H groups in total. The van der Waals surface area contributed by atoms with Crippen LogP contribution in [0.2, 0.25) is 0 Å². The van der Waals surface area contributed by atoms with Gasteiger partial charge in [-0.1, -0.05) is 182 Å². The van der Waals surface area contributed by atoms with Crippen molar-refractivity contribution in [1.82, 2.24) is 4.57 Å². The Balaban J connectivity index is 1.23. The predicted octanol–water partition coefficient (Wildman–Crippen LogP) is 15.4. The first-order valence-corrected chi connectivity index (χ1v) is 20.5. The van der Waals surface area contributed by atoms with Crippen molar-refractivity contribution in [3.8, 4) is 27.9 Å². The summed E-state index contributed by atoms with van der Waals surface area (Å²) < 4.78 is 67.7. The molecule has 1 aromatic heterocycles. The van der Waals surface area contributed by atoms with Crippen LogP contribution in [0.1, 0.15) is 31.8 Å². The average Bonchev–Trinajstić information content (AvgIpc) is 3.88. The maximum absolute atomic E-state index is 10.1. The number of aromatic nitrogens is 1. The quantitative estimate of drug-likeness (QED) is 0.156. The molecule has 1 aliphatic carbocycles. The van der Waals surface area contributed by atoms with E-state index in [0.717, 1.165) is 83.5 Å². The molecule has 0 bridgehead atoms. The van der Waals surface area contributed by atoms with Gasteiger partial charge < -0.3 is 9.47 Å². The van der Waals surface area contributed by atoms with E-state index in [1.165, 1.54) is 0 Å². The van der Waals surface area contributed by atoms with E-state index in [-0.39, 0.29) is 28.4 Å². The fourth-order valence-corrected chi connectivity index (χ4v) is 9.84. The number of nitrogens with zero attached hydrogens (tertiary/aromatic N) is 2. The highest BCUT2D eigenvalue weighted by Crippen LogP contribution is 2.60. The van der Waals surface area contributed by atoms with Crippen molar-refractivity contribution >= 4 is 49.6 Å². The molecule has 0 saturated carbocycles.